The zero-order chi connectivity index (χ0) is 13.3. The van der Waals surface area contributed by atoms with Crippen molar-refractivity contribution in [3.05, 3.63) is 0 Å². The predicted molar refractivity (Wildman–Crippen MR) is 72.9 cm³/mol. The summed E-state index contributed by atoms with van der Waals surface area (Å²) in [5, 5.41) is 10.3. The van der Waals surface area contributed by atoms with Gasteiger partial charge in [-0.05, 0) is 38.3 Å². The van der Waals surface area contributed by atoms with Crippen LogP contribution in [0.3, 0.4) is 0 Å². The van der Waals surface area contributed by atoms with E-state index in [2.05, 4.69) is 11.8 Å². The maximum absolute atomic E-state index is 10.3. The third kappa shape index (κ3) is 2.82. The van der Waals surface area contributed by atoms with Crippen LogP contribution < -0.4 is 0 Å². The lowest BCUT2D eigenvalue weighted by molar-refractivity contribution is -0.206. The van der Waals surface area contributed by atoms with Crippen LogP contribution in [0.5, 0.6) is 0 Å². The molecule has 4 heteroatoms. The highest BCUT2D eigenvalue weighted by molar-refractivity contribution is 4.94. The Morgan fingerprint density at radius 3 is 2.47 bits per heavy atom. The summed E-state index contributed by atoms with van der Waals surface area (Å²) < 4.78 is 11.7. The first-order valence-electron chi connectivity index (χ1n) is 7.92. The Morgan fingerprint density at radius 1 is 1.16 bits per heavy atom. The summed E-state index contributed by atoms with van der Waals surface area (Å²) in [6.07, 6.45) is 6.11. The molecule has 3 fully saturated rings. The lowest BCUT2D eigenvalue weighted by atomic mass is 9.84. The second kappa shape index (κ2) is 5.68. The van der Waals surface area contributed by atoms with E-state index < -0.39 is 0 Å². The van der Waals surface area contributed by atoms with Crippen molar-refractivity contribution in [2.24, 2.45) is 5.92 Å². The van der Waals surface area contributed by atoms with E-state index in [0.717, 1.165) is 38.3 Å². The molecule has 0 aromatic heterocycles. The number of ether oxygens (including phenoxy) is 2. The summed E-state index contributed by atoms with van der Waals surface area (Å²) in [5.74, 6) is 0.496. The number of aliphatic hydroxyl groups excluding tert-OH is 1. The van der Waals surface area contributed by atoms with Crippen LogP contribution in [0.2, 0.25) is 0 Å². The van der Waals surface area contributed by atoms with Gasteiger partial charge in [0.1, 0.15) is 0 Å². The molecule has 3 aliphatic rings. The highest BCUT2D eigenvalue weighted by Crippen LogP contribution is 2.38. The predicted octanol–water partition coefficient (Wildman–Crippen LogP) is 1.76. The van der Waals surface area contributed by atoms with Crippen LogP contribution in [0.4, 0.5) is 0 Å². The van der Waals surface area contributed by atoms with Crippen molar-refractivity contribution in [2.75, 3.05) is 26.3 Å². The molecule has 2 unspecified atom stereocenters. The lowest BCUT2D eigenvalue weighted by Crippen LogP contribution is -2.55. The molecule has 2 atom stereocenters. The highest BCUT2D eigenvalue weighted by atomic mass is 16.7. The molecule has 110 valence electrons. The molecule has 1 spiro atoms. The molecule has 0 amide bonds. The zero-order valence-corrected chi connectivity index (χ0v) is 12.0. The van der Waals surface area contributed by atoms with Crippen molar-refractivity contribution < 1.29 is 14.6 Å². The first-order valence-corrected chi connectivity index (χ1v) is 7.92. The van der Waals surface area contributed by atoms with E-state index in [0.29, 0.717) is 13.2 Å². The second-order valence-corrected chi connectivity index (χ2v) is 6.37. The van der Waals surface area contributed by atoms with Crippen LogP contribution in [-0.2, 0) is 9.47 Å². The molecule has 0 bridgehead atoms. The van der Waals surface area contributed by atoms with Crippen LogP contribution in [-0.4, -0.2) is 54.2 Å². The van der Waals surface area contributed by atoms with E-state index in [1.165, 1.54) is 19.3 Å². The number of nitrogens with zero attached hydrogens (tertiary/aromatic N) is 1. The molecule has 2 aliphatic heterocycles. The van der Waals surface area contributed by atoms with Crippen molar-refractivity contribution >= 4 is 0 Å². The van der Waals surface area contributed by atoms with Gasteiger partial charge in [0.25, 0.3) is 0 Å². The van der Waals surface area contributed by atoms with Gasteiger partial charge in [-0.1, -0.05) is 13.3 Å². The Kier molecular flexibility index (Phi) is 4.13. The average molecular weight is 269 g/mol. The van der Waals surface area contributed by atoms with Gasteiger partial charge in [-0.3, -0.25) is 4.90 Å². The van der Waals surface area contributed by atoms with Crippen molar-refractivity contribution in [3.63, 3.8) is 0 Å². The fourth-order valence-corrected chi connectivity index (χ4v) is 3.94. The zero-order valence-electron chi connectivity index (χ0n) is 12.0. The number of piperidine rings is 1. The molecular weight excluding hydrogens is 242 g/mol. The average Bonchev–Trinajstić information content (AvgIpc) is 2.90. The SMILES string of the molecule is CCC1CCN(C2CC3(CCC2O)OCCO3)CC1. The molecule has 2 heterocycles. The second-order valence-electron chi connectivity index (χ2n) is 6.37. The normalized spacial score (nSPS) is 36.9. The highest BCUT2D eigenvalue weighted by Gasteiger charge is 2.46. The summed E-state index contributed by atoms with van der Waals surface area (Å²) in [6.45, 7) is 5.94. The topological polar surface area (TPSA) is 41.9 Å². The van der Waals surface area contributed by atoms with Gasteiger partial charge in [-0.15, -0.1) is 0 Å². The maximum atomic E-state index is 10.3. The molecule has 0 radical (unpaired) electrons. The fourth-order valence-electron chi connectivity index (χ4n) is 3.94. The van der Waals surface area contributed by atoms with Crippen LogP contribution in [0, 0.1) is 5.92 Å². The minimum absolute atomic E-state index is 0.211. The Morgan fingerprint density at radius 2 is 1.84 bits per heavy atom. The van der Waals surface area contributed by atoms with E-state index in [-0.39, 0.29) is 17.9 Å². The van der Waals surface area contributed by atoms with Crippen molar-refractivity contribution in [1.29, 1.82) is 0 Å². The van der Waals surface area contributed by atoms with E-state index in [4.69, 9.17) is 9.47 Å². The summed E-state index contributed by atoms with van der Waals surface area (Å²) >= 11 is 0. The first kappa shape index (κ1) is 13.8. The summed E-state index contributed by atoms with van der Waals surface area (Å²) in [6, 6.07) is 0.227. The molecule has 0 aromatic rings. The summed E-state index contributed by atoms with van der Waals surface area (Å²) in [7, 11) is 0. The van der Waals surface area contributed by atoms with Gasteiger partial charge in [0.2, 0.25) is 0 Å². The quantitative estimate of drug-likeness (QED) is 0.829. The first-order chi connectivity index (χ1) is 9.22. The molecule has 2 saturated heterocycles. The number of likely N-dealkylation sites (tertiary alicyclic amines) is 1. The van der Waals surface area contributed by atoms with Crippen molar-refractivity contribution in [3.8, 4) is 0 Å². The Labute approximate surface area is 116 Å². The van der Waals surface area contributed by atoms with Gasteiger partial charge < -0.3 is 14.6 Å². The molecule has 1 saturated carbocycles. The maximum Gasteiger partial charge on any atom is 0.170 e. The molecular formula is C15H27NO3. The third-order valence-electron chi connectivity index (χ3n) is 5.29. The smallest absolute Gasteiger partial charge is 0.170 e. The minimum Gasteiger partial charge on any atom is -0.391 e. The molecule has 1 N–H and O–H groups in total. The number of hydrogen-bond acceptors (Lipinski definition) is 4. The molecule has 19 heavy (non-hydrogen) atoms. The molecule has 3 rings (SSSR count). The van der Waals surface area contributed by atoms with Crippen LogP contribution in [0.1, 0.15) is 45.4 Å². The molecule has 4 nitrogen and oxygen atoms in total. The van der Waals surface area contributed by atoms with Crippen LogP contribution in [0.15, 0.2) is 0 Å². The largest absolute Gasteiger partial charge is 0.391 e. The Bertz CT molecular complexity index is 296. The van der Waals surface area contributed by atoms with E-state index in [1.807, 2.05) is 0 Å². The van der Waals surface area contributed by atoms with E-state index in [1.54, 1.807) is 0 Å². The summed E-state index contributed by atoms with van der Waals surface area (Å²) in [4.78, 5) is 2.47. The molecule has 0 aromatic carbocycles. The van der Waals surface area contributed by atoms with Gasteiger partial charge >= 0.3 is 0 Å². The van der Waals surface area contributed by atoms with Gasteiger partial charge in [0.05, 0.1) is 19.3 Å². The van der Waals surface area contributed by atoms with E-state index in [9.17, 15) is 5.11 Å². The van der Waals surface area contributed by atoms with Crippen molar-refractivity contribution in [2.45, 2.75) is 63.4 Å². The fraction of sp³-hybridized carbons (Fsp3) is 1.00. The number of aliphatic hydroxyl groups is 1. The van der Waals surface area contributed by atoms with Crippen LogP contribution in [0.25, 0.3) is 0 Å². The summed E-state index contributed by atoms with van der Waals surface area (Å²) in [5.41, 5.74) is 0. The number of rotatable bonds is 2. The standard InChI is InChI=1S/C15H27NO3/c1-2-12-4-7-16(8-5-12)13-11-15(6-3-14(13)17)18-9-10-19-15/h12-14,17H,2-11H2,1H3. The minimum atomic E-state index is -0.383. The van der Waals surface area contributed by atoms with Gasteiger partial charge in [-0.2, -0.15) is 0 Å². The lowest BCUT2D eigenvalue weighted by Gasteiger charge is -2.46. The third-order valence-corrected chi connectivity index (χ3v) is 5.29. The molecule has 1 aliphatic carbocycles. The van der Waals surface area contributed by atoms with Gasteiger partial charge in [0.15, 0.2) is 5.79 Å². The van der Waals surface area contributed by atoms with Gasteiger partial charge in [-0.25, -0.2) is 0 Å². The number of hydrogen-bond donors (Lipinski definition) is 1. The van der Waals surface area contributed by atoms with E-state index >= 15 is 0 Å². The van der Waals surface area contributed by atoms with Gasteiger partial charge in [0, 0.05) is 18.9 Å². The van der Waals surface area contributed by atoms with Crippen LogP contribution >= 0.6 is 0 Å². The Balaban J connectivity index is 1.62. The van der Waals surface area contributed by atoms with Crippen molar-refractivity contribution in [1.82, 2.24) is 4.90 Å². The Hall–Kier alpha value is -0.160. The monoisotopic (exact) mass is 269 g/mol.